The van der Waals surface area contributed by atoms with Gasteiger partial charge < -0.3 is 14.2 Å². The Morgan fingerprint density at radius 1 is 0.313 bits per heavy atom. The number of unbranched alkanes of at least 4 members (excludes halogenated alkanes) is 16. The molecule has 0 saturated carbocycles. The minimum absolute atomic E-state index is 0.119. The fourth-order valence-electron chi connectivity index (χ4n) is 6.88. The van der Waals surface area contributed by atoms with Crippen molar-refractivity contribution >= 4 is 17.9 Å². The van der Waals surface area contributed by atoms with Crippen molar-refractivity contribution in [2.45, 2.75) is 232 Å². The molecule has 0 aliphatic heterocycles. The predicted octanol–water partition coefficient (Wildman–Crippen LogP) is 18.1. The van der Waals surface area contributed by atoms with Gasteiger partial charge in [0.05, 0.1) is 0 Å². The van der Waals surface area contributed by atoms with E-state index in [1.165, 1.54) is 64.2 Å². The largest absolute Gasteiger partial charge is 0.462 e. The lowest BCUT2D eigenvalue weighted by atomic mass is 10.1. The smallest absolute Gasteiger partial charge is 0.306 e. The molecule has 6 nitrogen and oxygen atoms in total. The van der Waals surface area contributed by atoms with E-state index in [2.05, 4.69) is 136 Å². The van der Waals surface area contributed by atoms with Crippen molar-refractivity contribution in [2.75, 3.05) is 13.2 Å². The molecule has 0 radical (unpaired) electrons. The average molecular weight is 927 g/mol. The van der Waals surface area contributed by atoms with Gasteiger partial charge in [0.1, 0.15) is 13.2 Å². The van der Waals surface area contributed by atoms with Gasteiger partial charge in [-0.2, -0.15) is 0 Å². The first-order valence-corrected chi connectivity index (χ1v) is 27.0. The van der Waals surface area contributed by atoms with Gasteiger partial charge in [0.25, 0.3) is 0 Å². The zero-order chi connectivity index (χ0) is 48.6. The first-order valence-electron chi connectivity index (χ1n) is 27.0. The maximum Gasteiger partial charge on any atom is 0.306 e. The van der Waals surface area contributed by atoms with Crippen LogP contribution in [-0.2, 0) is 28.6 Å². The van der Waals surface area contributed by atoms with Crippen LogP contribution >= 0.6 is 0 Å². The average Bonchev–Trinajstić information content (AvgIpc) is 3.33. The first-order chi connectivity index (χ1) is 33.0. The van der Waals surface area contributed by atoms with E-state index >= 15 is 0 Å². The van der Waals surface area contributed by atoms with Crippen LogP contribution in [0.4, 0.5) is 0 Å². The molecule has 0 unspecified atom stereocenters. The molecule has 0 spiro atoms. The minimum Gasteiger partial charge on any atom is -0.462 e. The van der Waals surface area contributed by atoms with Crippen LogP contribution in [0.2, 0.25) is 0 Å². The second-order valence-corrected chi connectivity index (χ2v) is 17.4. The zero-order valence-corrected chi connectivity index (χ0v) is 43.1. The van der Waals surface area contributed by atoms with E-state index < -0.39 is 6.10 Å². The molecule has 6 heteroatoms. The Bertz CT molecular complexity index is 1440. The third kappa shape index (κ3) is 52.6. The fourth-order valence-corrected chi connectivity index (χ4v) is 6.88. The minimum atomic E-state index is -0.828. The van der Waals surface area contributed by atoms with Crippen LogP contribution in [0, 0.1) is 0 Å². The first kappa shape index (κ1) is 62.8. The summed E-state index contributed by atoms with van der Waals surface area (Å²) in [5, 5.41) is 0. The molecule has 0 bridgehead atoms. The van der Waals surface area contributed by atoms with Crippen molar-refractivity contribution in [1.29, 1.82) is 0 Å². The molecule has 1 atom stereocenters. The van der Waals surface area contributed by atoms with Gasteiger partial charge in [0.15, 0.2) is 6.10 Å². The number of rotatable bonds is 47. The summed E-state index contributed by atoms with van der Waals surface area (Å²) in [5.41, 5.74) is 0. The normalized spacial score (nSPS) is 13.1. The van der Waals surface area contributed by atoms with Gasteiger partial charge >= 0.3 is 17.9 Å². The van der Waals surface area contributed by atoms with Crippen LogP contribution in [-0.4, -0.2) is 37.2 Å². The lowest BCUT2D eigenvalue weighted by Crippen LogP contribution is -2.30. The van der Waals surface area contributed by atoms with E-state index in [0.717, 1.165) is 116 Å². The van der Waals surface area contributed by atoms with Crippen LogP contribution < -0.4 is 0 Å². The van der Waals surface area contributed by atoms with E-state index in [1.807, 2.05) is 6.08 Å². The van der Waals surface area contributed by atoms with Crippen molar-refractivity contribution in [3.05, 3.63) is 122 Å². The molecule has 0 aromatic rings. The summed E-state index contributed by atoms with van der Waals surface area (Å²) in [6, 6.07) is 0. The fraction of sp³-hybridized carbons (Fsp3) is 0.623. The maximum absolute atomic E-state index is 12.8. The third-order valence-corrected chi connectivity index (χ3v) is 10.9. The summed E-state index contributed by atoms with van der Waals surface area (Å²) < 4.78 is 16.7. The van der Waals surface area contributed by atoms with Crippen molar-refractivity contribution in [3.63, 3.8) is 0 Å². The molecule has 0 fully saturated rings. The van der Waals surface area contributed by atoms with Gasteiger partial charge in [-0.3, -0.25) is 14.4 Å². The molecular formula is C61H98O6. The second-order valence-electron chi connectivity index (χ2n) is 17.4. The zero-order valence-electron chi connectivity index (χ0n) is 43.1. The van der Waals surface area contributed by atoms with Crippen molar-refractivity contribution in [1.82, 2.24) is 0 Å². The van der Waals surface area contributed by atoms with E-state index in [0.29, 0.717) is 12.8 Å². The number of carbonyl (C=O) groups is 3. The number of allylic oxidation sites excluding steroid dienone is 20. The van der Waals surface area contributed by atoms with E-state index in [9.17, 15) is 14.4 Å². The lowest BCUT2D eigenvalue weighted by molar-refractivity contribution is -0.166. The Hall–Kier alpha value is -4.19. The summed E-state index contributed by atoms with van der Waals surface area (Å²) in [6.45, 7) is 6.37. The van der Waals surface area contributed by atoms with E-state index in [1.54, 1.807) is 0 Å². The van der Waals surface area contributed by atoms with Gasteiger partial charge in [-0.1, -0.05) is 206 Å². The Balaban J connectivity index is 4.57. The number of hydrogen-bond donors (Lipinski definition) is 0. The maximum atomic E-state index is 12.8. The van der Waals surface area contributed by atoms with Gasteiger partial charge in [-0.15, -0.1) is 0 Å². The highest BCUT2D eigenvalue weighted by atomic mass is 16.6. The van der Waals surface area contributed by atoms with Crippen molar-refractivity contribution in [2.24, 2.45) is 0 Å². The van der Waals surface area contributed by atoms with Crippen molar-refractivity contribution < 1.29 is 28.6 Å². The molecule has 0 N–H and O–H groups in total. The third-order valence-electron chi connectivity index (χ3n) is 10.9. The molecule has 0 aliphatic carbocycles. The molecule has 0 aromatic carbocycles. The summed E-state index contributed by atoms with van der Waals surface area (Å²) in [7, 11) is 0. The molecule has 0 amide bonds. The number of esters is 3. The number of ether oxygens (including phenoxy) is 3. The number of carbonyl (C=O) groups excluding carboxylic acids is 3. The summed E-state index contributed by atoms with van der Waals surface area (Å²) in [5.74, 6) is -1.04. The molecule has 67 heavy (non-hydrogen) atoms. The van der Waals surface area contributed by atoms with Crippen LogP contribution in [0.3, 0.4) is 0 Å². The SMILES string of the molecule is CC/C=C\C/C=C\C/C=C\C/C=C\CCCCCCC(=O)O[C@H](COC(=O)CC/C=C\C/C=C\C/C=C\C/C=C\C/C=C\CCCCC)COC(=O)CCCCCCC/C=C\CCCCCC. The van der Waals surface area contributed by atoms with Gasteiger partial charge in [0, 0.05) is 19.3 Å². The van der Waals surface area contributed by atoms with Crippen molar-refractivity contribution in [3.8, 4) is 0 Å². The lowest BCUT2D eigenvalue weighted by Gasteiger charge is -2.18. The standard InChI is InChI=1S/C61H98O6/c1-4-7-10-13-16-19-22-25-27-29-30-32-33-36-39-42-45-48-51-54-60(63)66-57-58(56-65-59(62)53-50-47-44-41-38-35-24-21-18-15-12-9-6-3)67-61(64)55-52-49-46-43-40-37-34-31-28-26-23-20-17-14-11-8-5-2/h8,11,16-17,19-21,24-28,30,32,34,36-37,39,45,48,58H,4-7,9-10,12-15,18,22-23,29,31,33,35,38,40-44,46-47,49-57H2,1-3H3/b11-8-,19-16-,20-17-,24-21-,27-25-,28-26-,32-30-,37-34-,39-36-,48-45-/t58-/m0/s1. The quantitative estimate of drug-likeness (QED) is 0.0262. The van der Waals surface area contributed by atoms with Crippen LogP contribution in [0.1, 0.15) is 226 Å². The summed E-state index contributed by atoms with van der Waals surface area (Å²) in [4.78, 5) is 38.0. The Kier molecular flexibility index (Phi) is 51.0. The molecule has 0 saturated heterocycles. The van der Waals surface area contributed by atoms with Crippen LogP contribution in [0.5, 0.6) is 0 Å². The second kappa shape index (κ2) is 54.4. The predicted molar refractivity (Wildman–Crippen MR) is 288 cm³/mol. The Labute approximate surface area is 412 Å². The molecule has 0 heterocycles. The Morgan fingerprint density at radius 2 is 0.612 bits per heavy atom. The van der Waals surface area contributed by atoms with Gasteiger partial charge in [0.2, 0.25) is 0 Å². The topological polar surface area (TPSA) is 78.9 Å². The summed E-state index contributed by atoms with van der Waals surface area (Å²) in [6.07, 6.45) is 74.8. The monoisotopic (exact) mass is 927 g/mol. The molecule has 0 aliphatic rings. The highest BCUT2D eigenvalue weighted by molar-refractivity contribution is 5.71. The Morgan fingerprint density at radius 3 is 1.04 bits per heavy atom. The highest BCUT2D eigenvalue weighted by Gasteiger charge is 2.19. The van der Waals surface area contributed by atoms with Crippen LogP contribution in [0.25, 0.3) is 0 Å². The van der Waals surface area contributed by atoms with Crippen LogP contribution in [0.15, 0.2) is 122 Å². The van der Waals surface area contributed by atoms with Gasteiger partial charge in [-0.25, -0.2) is 0 Å². The van der Waals surface area contributed by atoms with E-state index in [4.69, 9.17) is 14.2 Å². The number of hydrogen-bond acceptors (Lipinski definition) is 6. The summed E-state index contributed by atoms with van der Waals surface area (Å²) >= 11 is 0. The highest BCUT2D eigenvalue weighted by Crippen LogP contribution is 2.12. The van der Waals surface area contributed by atoms with Gasteiger partial charge in [-0.05, 0) is 122 Å². The molecule has 0 rings (SSSR count). The molecule has 378 valence electrons. The molecule has 0 aromatic heterocycles. The molecular weight excluding hydrogens is 829 g/mol. The van der Waals surface area contributed by atoms with E-state index in [-0.39, 0.29) is 44.0 Å².